The van der Waals surface area contributed by atoms with Crippen molar-refractivity contribution in [2.24, 2.45) is 21.7 Å². The van der Waals surface area contributed by atoms with Crippen LogP contribution < -0.4 is 5.32 Å². The zero-order chi connectivity index (χ0) is 17.3. The van der Waals surface area contributed by atoms with Crippen molar-refractivity contribution in [3.05, 3.63) is 0 Å². The molecule has 0 aromatic heterocycles. The van der Waals surface area contributed by atoms with Gasteiger partial charge in [0, 0.05) is 31.9 Å². The van der Waals surface area contributed by atoms with Gasteiger partial charge in [-0.3, -0.25) is 24.7 Å². The Balaban J connectivity index is 1.71. The minimum atomic E-state index is -0.577. The molecule has 4 saturated heterocycles. The highest BCUT2D eigenvalue weighted by atomic mass is 16.2. The van der Waals surface area contributed by atoms with Gasteiger partial charge in [0.25, 0.3) is 0 Å². The number of hydrogen-bond donors (Lipinski definition) is 1. The largest absolute Gasteiger partial charge is 0.347 e. The van der Waals surface area contributed by atoms with E-state index >= 15 is 0 Å². The average Bonchev–Trinajstić information content (AvgIpc) is 2.45. The fourth-order valence-electron chi connectivity index (χ4n) is 5.57. The van der Waals surface area contributed by atoms with Crippen molar-refractivity contribution in [2.75, 3.05) is 26.2 Å². The van der Waals surface area contributed by atoms with Crippen molar-refractivity contribution in [1.82, 2.24) is 15.1 Å². The number of imide groups is 1. The third-order valence-corrected chi connectivity index (χ3v) is 6.16. The van der Waals surface area contributed by atoms with Crippen LogP contribution in [-0.4, -0.2) is 65.6 Å². The van der Waals surface area contributed by atoms with E-state index in [4.69, 9.17) is 0 Å². The van der Waals surface area contributed by atoms with E-state index in [1.807, 2.05) is 0 Å². The molecule has 3 amide bonds. The Kier molecular flexibility index (Phi) is 3.28. The number of amides is 3. The molecule has 24 heavy (non-hydrogen) atoms. The summed E-state index contributed by atoms with van der Waals surface area (Å²) in [7, 11) is 0. The van der Waals surface area contributed by atoms with Crippen LogP contribution in [0.15, 0.2) is 4.99 Å². The number of nitrogens with zero attached hydrogens (tertiary/aromatic N) is 3. The van der Waals surface area contributed by atoms with Gasteiger partial charge in [-0.15, -0.1) is 0 Å². The standard InChI is InChI=1S/C17H24N4O3/c1-4-5-17-8-20-6-16(3,14(17)23)7-21(9-17)13(20)11-10(2)18-15(24)19-12(11)22/h11,13H,4-9H2,1-3H3,(H,19,22,24). The summed E-state index contributed by atoms with van der Waals surface area (Å²) in [5.74, 6) is -0.317. The van der Waals surface area contributed by atoms with Crippen LogP contribution in [0.3, 0.4) is 0 Å². The van der Waals surface area contributed by atoms with Crippen LogP contribution in [-0.2, 0) is 9.59 Å². The summed E-state index contributed by atoms with van der Waals surface area (Å²) in [6.07, 6.45) is 1.77. The van der Waals surface area contributed by atoms with Crippen LogP contribution in [0, 0.1) is 16.7 Å². The summed E-state index contributed by atoms with van der Waals surface area (Å²) >= 11 is 0. The Morgan fingerprint density at radius 1 is 1.17 bits per heavy atom. The first-order chi connectivity index (χ1) is 11.3. The van der Waals surface area contributed by atoms with Crippen molar-refractivity contribution >= 4 is 23.4 Å². The highest BCUT2D eigenvalue weighted by Crippen LogP contribution is 2.51. The highest BCUT2D eigenvalue weighted by Gasteiger charge is 2.65. The first kappa shape index (κ1) is 15.9. The predicted molar refractivity (Wildman–Crippen MR) is 87.5 cm³/mol. The van der Waals surface area contributed by atoms with E-state index in [0.29, 0.717) is 37.7 Å². The minimum Gasteiger partial charge on any atom is -0.298 e. The van der Waals surface area contributed by atoms with E-state index in [2.05, 4.69) is 34.0 Å². The van der Waals surface area contributed by atoms with E-state index in [1.165, 1.54) is 0 Å². The molecule has 5 aliphatic heterocycles. The van der Waals surface area contributed by atoms with Gasteiger partial charge in [0.15, 0.2) is 0 Å². The molecular weight excluding hydrogens is 308 g/mol. The molecule has 5 aliphatic rings. The lowest BCUT2D eigenvalue weighted by atomic mass is 9.59. The van der Waals surface area contributed by atoms with E-state index in [0.717, 1.165) is 12.8 Å². The summed E-state index contributed by atoms with van der Waals surface area (Å²) in [6, 6.07) is -0.577. The maximum atomic E-state index is 13.1. The smallest absolute Gasteiger partial charge is 0.298 e. The number of aliphatic imine (C=N–C) groups is 1. The van der Waals surface area contributed by atoms with Gasteiger partial charge in [-0.2, -0.15) is 0 Å². The topological polar surface area (TPSA) is 82.1 Å². The van der Waals surface area contributed by atoms with Gasteiger partial charge in [-0.25, -0.2) is 9.79 Å². The zero-order valence-corrected chi connectivity index (χ0v) is 14.5. The van der Waals surface area contributed by atoms with Crippen LogP contribution in [0.1, 0.15) is 33.6 Å². The summed E-state index contributed by atoms with van der Waals surface area (Å²) < 4.78 is 0. The molecular formula is C17H24N4O3. The number of carbonyl (C=O) groups is 3. The molecule has 4 fully saturated rings. The maximum Gasteiger partial charge on any atom is 0.347 e. The third-order valence-electron chi connectivity index (χ3n) is 6.16. The molecule has 4 bridgehead atoms. The fraction of sp³-hybridized carbons (Fsp3) is 0.765. The first-order valence-corrected chi connectivity index (χ1v) is 8.73. The number of carbonyl (C=O) groups excluding carboxylic acids is 3. The molecule has 7 nitrogen and oxygen atoms in total. The number of urea groups is 1. The lowest BCUT2D eigenvalue weighted by Crippen LogP contribution is -2.80. The Morgan fingerprint density at radius 3 is 2.33 bits per heavy atom. The molecule has 0 aromatic carbocycles. The molecule has 7 heteroatoms. The Hall–Kier alpha value is -1.60. The summed E-state index contributed by atoms with van der Waals surface area (Å²) in [5, 5.41) is 2.34. The number of ketones is 1. The van der Waals surface area contributed by atoms with Gasteiger partial charge in [0.05, 0.1) is 17.0 Å². The van der Waals surface area contributed by atoms with Crippen molar-refractivity contribution in [2.45, 2.75) is 39.8 Å². The van der Waals surface area contributed by atoms with Gasteiger partial charge >= 0.3 is 6.03 Å². The molecule has 130 valence electrons. The predicted octanol–water partition coefficient (Wildman–Crippen LogP) is 0.646. The van der Waals surface area contributed by atoms with E-state index in [-0.39, 0.29) is 22.9 Å². The molecule has 0 radical (unpaired) electrons. The number of Topliss-reactive ketones (excluding diaryl/α,β-unsaturated/α-hetero) is 1. The van der Waals surface area contributed by atoms with Gasteiger partial charge in [0.2, 0.25) is 5.91 Å². The second kappa shape index (κ2) is 4.95. The molecule has 5 heterocycles. The van der Waals surface area contributed by atoms with E-state index < -0.39 is 11.9 Å². The molecule has 0 aromatic rings. The number of rotatable bonds is 3. The van der Waals surface area contributed by atoms with Crippen LogP contribution in [0.5, 0.6) is 0 Å². The molecule has 0 saturated carbocycles. The molecule has 1 N–H and O–H groups in total. The van der Waals surface area contributed by atoms with Crippen LogP contribution >= 0.6 is 0 Å². The molecule has 0 aliphatic carbocycles. The van der Waals surface area contributed by atoms with Crippen molar-refractivity contribution in [3.63, 3.8) is 0 Å². The van der Waals surface area contributed by atoms with Crippen LogP contribution in [0.2, 0.25) is 0 Å². The van der Waals surface area contributed by atoms with Gasteiger partial charge in [-0.05, 0) is 13.3 Å². The summed E-state index contributed by atoms with van der Waals surface area (Å²) in [6.45, 7) is 8.71. The number of hydrogen-bond acceptors (Lipinski definition) is 5. The maximum absolute atomic E-state index is 13.1. The summed E-state index contributed by atoms with van der Waals surface area (Å²) in [4.78, 5) is 45.5. The second-order valence-electron chi connectivity index (χ2n) is 8.17. The van der Waals surface area contributed by atoms with Crippen LogP contribution in [0.25, 0.3) is 0 Å². The van der Waals surface area contributed by atoms with Crippen molar-refractivity contribution in [3.8, 4) is 0 Å². The minimum absolute atomic E-state index is 0.104. The summed E-state index contributed by atoms with van der Waals surface area (Å²) in [5.41, 5.74) is -0.0845. The van der Waals surface area contributed by atoms with Crippen molar-refractivity contribution in [1.29, 1.82) is 0 Å². The molecule has 0 spiro atoms. The highest BCUT2D eigenvalue weighted by molar-refractivity contribution is 6.16. The fourth-order valence-corrected chi connectivity index (χ4v) is 5.57. The lowest BCUT2D eigenvalue weighted by molar-refractivity contribution is -0.204. The average molecular weight is 332 g/mol. The molecule has 3 unspecified atom stereocenters. The van der Waals surface area contributed by atoms with E-state index in [9.17, 15) is 14.4 Å². The Bertz CT molecular complexity index is 655. The van der Waals surface area contributed by atoms with Crippen LogP contribution in [0.4, 0.5) is 4.79 Å². The Labute approximate surface area is 141 Å². The third kappa shape index (κ3) is 1.97. The zero-order valence-electron chi connectivity index (χ0n) is 14.5. The second-order valence-corrected chi connectivity index (χ2v) is 8.17. The quantitative estimate of drug-likeness (QED) is 0.820. The van der Waals surface area contributed by atoms with Crippen molar-refractivity contribution < 1.29 is 14.4 Å². The van der Waals surface area contributed by atoms with Gasteiger partial charge in [-0.1, -0.05) is 20.3 Å². The number of nitrogens with one attached hydrogen (secondary N) is 1. The first-order valence-electron chi connectivity index (χ1n) is 8.73. The van der Waals surface area contributed by atoms with Gasteiger partial charge in [0.1, 0.15) is 11.7 Å². The monoisotopic (exact) mass is 332 g/mol. The SMILES string of the molecule is CCCC12CN3CC(C)(CN(C1)C3C1C(=O)NC(=O)N=C1C)C2=O. The van der Waals surface area contributed by atoms with E-state index in [1.54, 1.807) is 6.92 Å². The lowest BCUT2D eigenvalue weighted by Gasteiger charge is -2.66. The Morgan fingerprint density at radius 2 is 1.79 bits per heavy atom. The normalized spacial score (nSPS) is 47.0. The number of piperidine rings is 2. The molecule has 5 rings (SSSR count). The molecule has 3 atom stereocenters. The van der Waals surface area contributed by atoms with Gasteiger partial charge < -0.3 is 0 Å².